The van der Waals surface area contributed by atoms with Crippen molar-refractivity contribution in [2.45, 2.75) is 47.0 Å². The predicted molar refractivity (Wildman–Crippen MR) is 70.3 cm³/mol. The first kappa shape index (κ1) is 15.9. The van der Waals surface area contributed by atoms with E-state index in [0.717, 1.165) is 45.6 Å². The third-order valence-corrected chi connectivity index (χ3v) is 3.37. The van der Waals surface area contributed by atoms with Gasteiger partial charge in [0.05, 0.1) is 13.2 Å². The second kappa shape index (κ2) is 7.25. The maximum absolute atomic E-state index is 5.85. The van der Waals surface area contributed by atoms with Crippen LogP contribution < -0.4 is 11.5 Å². The Morgan fingerprint density at radius 2 is 1.50 bits per heavy atom. The molecule has 0 radical (unpaired) electrons. The van der Waals surface area contributed by atoms with Gasteiger partial charge >= 0.3 is 0 Å². The highest BCUT2D eigenvalue weighted by molar-refractivity contribution is 4.74. The number of nitrogens with two attached hydrogens (primary N) is 2. The molecule has 0 amide bonds. The standard InChI is InChI=1S/C13H30N2O/c1-5-13(4,7-9-15)11-16-10-12(2,3)6-8-14/h5-11,14-15H2,1-4H3. The maximum atomic E-state index is 5.85. The van der Waals surface area contributed by atoms with Crippen LogP contribution in [0.3, 0.4) is 0 Å². The molecule has 0 saturated carbocycles. The molecule has 98 valence electrons. The van der Waals surface area contributed by atoms with Crippen molar-refractivity contribution in [2.75, 3.05) is 26.3 Å². The molecule has 1 unspecified atom stereocenters. The van der Waals surface area contributed by atoms with Crippen LogP contribution >= 0.6 is 0 Å². The van der Waals surface area contributed by atoms with Crippen LogP contribution in [0.2, 0.25) is 0 Å². The summed E-state index contributed by atoms with van der Waals surface area (Å²) in [6, 6.07) is 0. The van der Waals surface area contributed by atoms with E-state index in [0.29, 0.717) is 0 Å². The first-order valence-electron chi connectivity index (χ1n) is 6.37. The number of hydrogen-bond donors (Lipinski definition) is 2. The Balaban J connectivity index is 3.94. The van der Waals surface area contributed by atoms with Gasteiger partial charge in [-0.25, -0.2) is 0 Å². The fraction of sp³-hybridized carbons (Fsp3) is 1.00. The molecule has 4 N–H and O–H groups in total. The summed E-state index contributed by atoms with van der Waals surface area (Å²) in [6.07, 6.45) is 3.15. The van der Waals surface area contributed by atoms with Gasteiger partial charge in [-0.15, -0.1) is 0 Å². The van der Waals surface area contributed by atoms with Crippen molar-refractivity contribution in [2.24, 2.45) is 22.3 Å². The molecule has 0 saturated heterocycles. The van der Waals surface area contributed by atoms with Crippen molar-refractivity contribution in [1.82, 2.24) is 0 Å². The number of rotatable bonds is 9. The highest BCUT2D eigenvalue weighted by Crippen LogP contribution is 2.27. The molecular formula is C13H30N2O. The summed E-state index contributed by atoms with van der Waals surface area (Å²) in [5, 5.41) is 0. The SMILES string of the molecule is CCC(C)(CCN)COCC(C)(C)CCN. The summed E-state index contributed by atoms with van der Waals surface area (Å²) in [6.45, 7) is 11.9. The van der Waals surface area contributed by atoms with Crippen molar-refractivity contribution >= 4 is 0 Å². The highest BCUT2D eigenvalue weighted by atomic mass is 16.5. The minimum atomic E-state index is 0.187. The van der Waals surface area contributed by atoms with E-state index in [4.69, 9.17) is 16.2 Å². The molecule has 0 aliphatic heterocycles. The average Bonchev–Trinajstić information content (AvgIpc) is 2.17. The van der Waals surface area contributed by atoms with Crippen LogP contribution in [0.15, 0.2) is 0 Å². The molecule has 0 rings (SSSR count). The third kappa shape index (κ3) is 6.46. The maximum Gasteiger partial charge on any atom is 0.0520 e. The Bertz CT molecular complexity index is 183. The number of hydrogen-bond acceptors (Lipinski definition) is 3. The number of ether oxygens (including phenoxy) is 1. The third-order valence-electron chi connectivity index (χ3n) is 3.37. The second-order valence-corrected chi connectivity index (χ2v) is 5.90. The van der Waals surface area contributed by atoms with E-state index in [1.807, 2.05) is 0 Å². The molecule has 3 heteroatoms. The molecule has 16 heavy (non-hydrogen) atoms. The van der Waals surface area contributed by atoms with Gasteiger partial charge in [0.25, 0.3) is 0 Å². The fourth-order valence-electron chi connectivity index (χ4n) is 1.74. The van der Waals surface area contributed by atoms with Gasteiger partial charge < -0.3 is 16.2 Å². The molecule has 0 aromatic carbocycles. The van der Waals surface area contributed by atoms with E-state index >= 15 is 0 Å². The summed E-state index contributed by atoms with van der Waals surface area (Å²) in [5.74, 6) is 0. The summed E-state index contributed by atoms with van der Waals surface area (Å²) in [7, 11) is 0. The van der Waals surface area contributed by atoms with Crippen LogP contribution in [-0.4, -0.2) is 26.3 Å². The Labute approximate surface area is 101 Å². The van der Waals surface area contributed by atoms with E-state index in [9.17, 15) is 0 Å². The largest absolute Gasteiger partial charge is 0.380 e. The van der Waals surface area contributed by atoms with Crippen molar-refractivity contribution in [3.8, 4) is 0 Å². The van der Waals surface area contributed by atoms with Crippen LogP contribution in [0.1, 0.15) is 47.0 Å². The van der Waals surface area contributed by atoms with E-state index in [1.54, 1.807) is 0 Å². The summed E-state index contributed by atoms with van der Waals surface area (Å²) in [5.41, 5.74) is 11.6. The molecule has 0 spiro atoms. The van der Waals surface area contributed by atoms with Crippen LogP contribution in [0, 0.1) is 10.8 Å². The fourth-order valence-corrected chi connectivity index (χ4v) is 1.74. The molecule has 1 atom stereocenters. The van der Waals surface area contributed by atoms with Gasteiger partial charge in [-0.3, -0.25) is 0 Å². The van der Waals surface area contributed by atoms with Gasteiger partial charge in [-0.05, 0) is 43.2 Å². The van der Waals surface area contributed by atoms with Crippen molar-refractivity contribution in [3.63, 3.8) is 0 Å². The van der Waals surface area contributed by atoms with Gasteiger partial charge in [0.2, 0.25) is 0 Å². The lowest BCUT2D eigenvalue weighted by Gasteiger charge is -2.30. The zero-order valence-electron chi connectivity index (χ0n) is 11.5. The first-order chi connectivity index (χ1) is 7.39. The van der Waals surface area contributed by atoms with E-state index in [2.05, 4.69) is 27.7 Å². The zero-order chi connectivity index (χ0) is 12.7. The van der Waals surface area contributed by atoms with Gasteiger partial charge in [-0.2, -0.15) is 0 Å². The molecule has 0 aromatic rings. The molecule has 0 aliphatic carbocycles. The smallest absolute Gasteiger partial charge is 0.0520 e. The Morgan fingerprint density at radius 1 is 0.938 bits per heavy atom. The summed E-state index contributed by atoms with van der Waals surface area (Å²) < 4.78 is 5.85. The van der Waals surface area contributed by atoms with E-state index in [1.165, 1.54) is 0 Å². The average molecular weight is 230 g/mol. The second-order valence-electron chi connectivity index (χ2n) is 5.90. The first-order valence-corrected chi connectivity index (χ1v) is 6.37. The van der Waals surface area contributed by atoms with E-state index in [-0.39, 0.29) is 10.8 Å². The van der Waals surface area contributed by atoms with Crippen LogP contribution in [0.5, 0.6) is 0 Å². The van der Waals surface area contributed by atoms with Crippen LogP contribution in [0.25, 0.3) is 0 Å². The Morgan fingerprint density at radius 3 is 1.94 bits per heavy atom. The normalized spacial score (nSPS) is 16.1. The van der Waals surface area contributed by atoms with Gasteiger partial charge in [0.1, 0.15) is 0 Å². The van der Waals surface area contributed by atoms with Gasteiger partial charge in [0, 0.05) is 0 Å². The minimum Gasteiger partial charge on any atom is -0.380 e. The molecule has 0 bridgehead atoms. The van der Waals surface area contributed by atoms with Crippen LogP contribution in [0.4, 0.5) is 0 Å². The van der Waals surface area contributed by atoms with Crippen molar-refractivity contribution in [3.05, 3.63) is 0 Å². The quantitative estimate of drug-likeness (QED) is 0.638. The Hall–Kier alpha value is -0.120. The topological polar surface area (TPSA) is 61.3 Å². The lowest BCUT2D eigenvalue weighted by Crippen LogP contribution is -2.30. The van der Waals surface area contributed by atoms with Crippen LogP contribution in [-0.2, 0) is 4.74 Å². The van der Waals surface area contributed by atoms with E-state index < -0.39 is 0 Å². The van der Waals surface area contributed by atoms with Gasteiger partial charge in [0.15, 0.2) is 0 Å². The monoisotopic (exact) mass is 230 g/mol. The predicted octanol–water partition coefficient (Wildman–Crippen LogP) is 2.14. The lowest BCUT2D eigenvalue weighted by molar-refractivity contribution is 0.00335. The molecule has 0 aromatic heterocycles. The molecule has 0 fully saturated rings. The summed E-state index contributed by atoms with van der Waals surface area (Å²) >= 11 is 0. The highest BCUT2D eigenvalue weighted by Gasteiger charge is 2.23. The lowest BCUT2D eigenvalue weighted by atomic mass is 9.84. The minimum absolute atomic E-state index is 0.187. The molecule has 0 heterocycles. The molecule has 0 aliphatic rings. The van der Waals surface area contributed by atoms with Gasteiger partial charge in [-0.1, -0.05) is 27.7 Å². The Kier molecular flexibility index (Phi) is 7.20. The molecule has 3 nitrogen and oxygen atoms in total. The zero-order valence-corrected chi connectivity index (χ0v) is 11.5. The van der Waals surface area contributed by atoms with Crippen molar-refractivity contribution < 1.29 is 4.74 Å². The van der Waals surface area contributed by atoms with Crippen molar-refractivity contribution in [1.29, 1.82) is 0 Å². The summed E-state index contributed by atoms with van der Waals surface area (Å²) in [4.78, 5) is 0. The molecular weight excluding hydrogens is 200 g/mol.